The predicted octanol–water partition coefficient (Wildman–Crippen LogP) is 6.42. The fourth-order valence-electron chi connectivity index (χ4n) is 3.63. The van der Waals surface area contributed by atoms with Crippen molar-refractivity contribution in [3.63, 3.8) is 0 Å². The number of ether oxygens (including phenoxy) is 1. The first-order valence-corrected chi connectivity index (χ1v) is 13.3. The summed E-state index contributed by atoms with van der Waals surface area (Å²) < 4.78 is 5.62. The van der Waals surface area contributed by atoms with Crippen LogP contribution in [0.25, 0.3) is 27.3 Å². The first-order chi connectivity index (χ1) is 16.2. The first kappa shape index (κ1) is 20.5. The van der Waals surface area contributed by atoms with Crippen molar-refractivity contribution in [2.75, 3.05) is 12.3 Å². The Kier molecular flexibility index (Phi) is 5.17. The van der Waals surface area contributed by atoms with Crippen molar-refractivity contribution in [2.24, 2.45) is 0 Å². The van der Waals surface area contributed by atoms with Gasteiger partial charge in [-0.25, -0.2) is 9.97 Å². The van der Waals surface area contributed by atoms with Gasteiger partial charge in [-0.3, -0.25) is 0 Å². The Morgan fingerprint density at radius 2 is 1.76 bits per heavy atom. The lowest BCUT2D eigenvalue weighted by molar-refractivity contribution is 0.330. The molecule has 33 heavy (non-hydrogen) atoms. The molecule has 2 N–H and O–H groups in total. The molecule has 1 aliphatic heterocycles. The number of hydrogen-bond donors (Lipinski definition) is 1. The molecule has 162 valence electrons. The van der Waals surface area contributed by atoms with Crippen LogP contribution in [-0.2, 0) is 0 Å². The van der Waals surface area contributed by atoms with Crippen molar-refractivity contribution in [1.82, 2.24) is 19.9 Å². The van der Waals surface area contributed by atoms with Gasteiger partial charge in [0, 0.05) is 31.2 Å². The van der Waals surface area contributed by atoms with Gasteiger partial charge in [-0.2, -0.15) is 9.97 Å². The van der Waals surface area contributed by atoms with Crippen LogP contribution in [0.4, 0.5) is 5.95 Å². The monoisotopic (exact) mass is 488 g/mol. The molecular weight excluding hydrogens is 470 g/mol. The summed E-state index contributed by atoms with van der Waals surface area (Å²) in [6.45, 7) is 2.35. The third-order valence-electron chi connectivity index (χ3n) is 5.10. The molecular formula is C24H18N5OS3+. The summed E-state index contributed by atoms with van der Waals surface area (Å²) in [4.78, 5) is 24.2. The van der Waals surface area contributed by atoms with Gasteiger partial charge >= 0.3 is 0 Å². The van der Waals surface area contributed by atoms with Crippen LogP contribution >= 0.6 is 34.0 Å². The Labute approximate surface area is 201 Å². The lowest BCUT2D eigenvalue weighted by Crippen LogP contribution is -2.03. The number of nitrogen functional groups attached to an aromatic ring is 1. The van der Waals surface area contributed by atoms with E-state index in [1.54, 1.807) is 6.20 Å². The molecule has 2 aromatic carbocycles. The van der Waals surface area contributed by atoms with Crippen LogP contribution in [0.15, 0.2) is 85.1 Å². The summed E-state index contributed by atoms with van der Waals surface area (Å²) >= 11 is 3.69. The third kappa shape index (κ3) is 3.72. The normalized spacial score (nSPS) is 12.9. The van der Waals surface area contributed by atoms with Crippen molar-refractivity contribution in [3.8, 4) is 22.0 Å². The Hall–Kier alpha value is -3.14. The largest absolute Gasteiger partial charge is 0.476 e. The highest BCUT2D eigenvalue weighted by atomic mass is 32.2. The van der Waals surface area contributed by atoms with Crippen LogP contribution in [0.2, 0.25) is 0 Å². The second-order valence-electron chi connectivity index (χ2n) is 7.23. The van der Waals surface area contributed by atoms with Crippen LogP contribution in [0.5, 0.6) is 5.88 Å². The zero-order valence-electron chi connectivity index (χ0n) is 17.6. The molecule has 0 aliphatic carbocycles. The molecule has 0 bridgehead atoms. The van der Waals surface area contributed by atoms with Gasteiger partial charge < -0.3 is 10.5 Å². The van der Waals surface area contributed by atoms with Crippen molar-refractivity contribution >= 4 is 51.1 Å². The number of aromatic nitrogens is 4. The smallest absolute Gasteiger partial charge is 0.247 e. The van der Waals surface area contributed by atoms with E-state index in [9.17, 15) is 0 Å². The van der Waals surface area contributed by atoms with E-state index in [1.807, 2.05) is 30.4 Å². The van der Waals surface area contributed by atoms with Gasteiger partial charge in [0.25, 0.3) is 0 Å². The maximum Gasteiger partial charge on any atom is 0.247 e. The number of benzene rings is 2. The second kappa shape index (κ2) is 8.33. The van der Waals surface area contributed by atoms with E-state index in [2.05, 4.69) is 74.2 Å². The molecule has 0 saturated carbocycles. The molecule has 1 unspecified atom stereocenters. The predicted molar refractivity (Wildman–Crippen MR) is 135 cm³/mol. The van der Waals surface area contributed by atoms with Crippen LogP contribution in [0.1, 0.15) is 6.92 Å². The van der Waals surface area contributed by atoms with Crippen molar-refractivity contribution in [3.05, 3.63) is 65.5 Å². The number of nitrogens with zero attached hydrogens (tertiary/aromatic N) is 4. The van der Waals surface area contributed by atoms with Gasteiger partial charge in [-0.1, -0.05) is 41.7 Å². The average molecular weight is 489 g/mol. The van der Waals surface area contributed by atoms with E-state index in [0.717, 1.165) is 11.3 Å². The number of hydrogen-bond acceptors (Lipinski definition) is 8. The van der Waals surface area contributed by atoms with Crippen molar-refractivity contribution in [2.45, 2.75) is 26.5 Å². The zero-order valence-corrected chi connectivity index (χ0v) is 20.0. The van der Waals surface area contributed by atoms with Crippen LogP contribution in [0, 0.1) is 0 Å². The molecule has 1 atom stereocenters. The molecule has 0 radical (unpaired) electrons. The molecule has 5 aromatic rings. The summed E-state index contributed by atoms with van der Waals surface area (Å²) in [5.74, 6) is 0.487. The molecule has 4 heterocycles. The fourth-order valence-corrected chi connectivity index (χ4v) is 8.06. The third-order valence-corrected chi connectivity index (χ3v) is 9.62. The van der Waals surface area contributed by atoms with E-state index < -0.39 is 0 Å². The standard InChI is InChI=1S/C24H18N5OS3/c1-2-30-23-20-22(28-24(25)29-23)26-12-15(27-20)14-10-11-33(13-14)19-9-5-8-18-21(19)32-17-7-4-3-6-16(17)31-18/h3-13H,2H2,1H3,(H2,25,26,28,29)/q+1. The van der Waals surface area contributed by atoms with E-state index in [4.69, 9.17) is 15.5 Å². The van der Waals surface area contributed by atoms with Gasteiger partial charge in [-0.15, -0.1) is 0 Å². The highest BCUT2D eigenvalue weighted by molar-refractivity contribution is 8.05. The Morgan fingerprint density at radius 3 is 2.61 bits per heavy atom. The van der Waals surface area contributed by atoms with Crippen LogP contribution < -0.4 is 10.5 Å². The highest BCUT2D eigenvalue weighted by Crippen LogP contribution is 2.53. The van der Waals surface area contributed by atoms with Gasteiger partial charge in [-0.05, 0) is 31.2 Å². The number of rotatable bonds is 4. The molecule has 6 rings (SSSR count). The van der Waals surface area contributed by atoms with Crippen molar-refractivity contribution in [1.29, 1.82) is 0 Å². The minimum Gasteiger partial charge on any atom is -0.476 e. The minimum absolute atomic E-state index is 0.125. The lowest BCUT2D eigenvalue weighted by atomic mass is 10.2. The number of fused-ring (bicyclic) bond motifs is 3. The Bertz CT molecular complexity index is 1520. The topological polar surface area (TPSA) is 86.8 Å². The number of anilines is 1. The molecule has 0 spiro atoms. The summed E-state index contributed by atoms with van der Waals surface area (Å²) in [5, 5.41) is 4.50. The van der Waals surface area contributed by atoms with Gasteiger partial charge in [0.2, 0.25) is 11.8 Å². The SMILES string of the molecule is CCOc1nc(N)nc2ncc(-c3cc[s+](-c4cccc5c4Sc4ccccc4S5)c3)nc12. The molecule has 0 fully saturated rings. The van der Waals surface area contributed by atoms with Crippen LogP contribution in [0.3, 0.4) is 0 Å². The lowest BCUT2D eigenvalue weighted by Gasteiger charge is -2.17. The van der Waals surface area contributed by atoms with E-state index >= 15 is 0 Å². The highest BCUT2D eigenvalue weighted by Gasteiger charge is 2.25. The average Bonchev–Trinajstić information content (AvgIpc) is 3.32. The quantitative estimate of drug-likeness (QED) is 0.284. The minimum atomic E-state index is -0.161. The Morgan fingerprint density at radius 1 is 0.939 bits per heavy atom. The van der Waals surface area contributed by atoms with Gasteiger partial charge in [0.05, 0.1) is 29.0 Å². The van der Waals surface area contributed by atoms with E-state index in [-0.39, 0.29) is 16.4 Å². The Balaban J connectivity index is 1.40. The second-order valence-corrected chi connectivity index (χ2v) is 11.1. The van der Waals surface area contributed by atoms with Crippen molar-refractivity contribution < 1.29 is 4.74 Å². The first-order valence-electron chi connectivity index (χ1n) is 10.3. The molecule has 0 amide bonds. The fraction of sp³-hybridized carbons (Fsp3) is 0.0833. The maximum absolute atomic E-state index is 5.79. The molecule has 0 saturated heterocycles. The summed E-state index contributed by atoms with van der Waals surface area (Å²) in [6.07, 6.45) is 1.73. The van der Waals surface area contributed by atoms with Gasteiger partial charge in [0.1, 0.15) is 5.38 Å². The van der Waals surface area contributed by atoms with E-state index in [1.165, 1.54) is 24.5 Å². The number of nitrogens with two attached hydrogens (primary N) is 1. The molecule has 9 heteroatoms. The maximum atomic E-state index is 5.79. The molecule has 6 nitrogen and oxygen atoms in total. The van der Waals surface area contributed by atoms with Crippen LogP contribution in [-0.4, -0.2) is 26.5 Å². The number of thiophene rings is 1. The van der Waals surface area contributed by atoms with Gasteiger partial charge in [0.15, 0.2) is 21.4 Å². The van der Waals surface area contributed by atoms with E-state index in [0.29, 0.717) is 23.7 Å². The molecule has 1 aliphatic rings. The summed E-state index contributed by atoms with van der Waals surface area (Å²) in [5.41, 5.74) is 8.53. The molecule has 3 aromatic heterocycles. The summed E-state index contributed by atoms with van der Waals surface area (Å²) in [7, 11) is -0.161. The zero-order chi connectivity index (χ0) is 22.4. The summed E-state index contributed by atoms with van der Waals surface area (Å²) in [6, 6.07) is 17.3.